The van der Waals surface area contributed by atoms with Crippen LogP contribution >= 0.6 is 0 Å². The Morgan fingerprint density at radius 3 is 2.05 bits per heavy atom. The maximum atomic E-state index is 12.2. The highest BCUT2D eigenvalue weighted by Gasteiger charge is 2.22. The Bertz CT molecular complexity index is 528. The summed E-state index contributed by atoms with van der Waals surface area (Å²) in [7, 11) is 4.32. The number of carboxylic acid groups (broad SMARTS) is 1. The smallest absolute Gasteiger partial charge is 0.326 e. The van der Waals surface area contributed by atoms with Crippen molar-refractivity contribution in [3.63, 3.8) is 0 Å². The number of amides is 1. The Morgan fingerprint density at radius 2 is 1.62 bits per heavy atom. The van der Waals surface area contributed by atoms with Gasteiger partial charge in [0, 0.05) is 12.1 Å². The molecule has 21 heavy (non-hydrogen) atoms. The Labute approximate surface area is 122 Å². The molecule has 0 aliphatic rings. The van der Waals surface area contributed by atoms with Crippen molar-refractivity contribution in [2.45, 2.75) is 19.4 Å². The fourth-order valence-corrected chi connectivity index (χ4v) is 1.78. The maximum absolute atomic E-state index is 12.2. The normalized spacial score (nSPS) is 11.4. The highest BCUT2D eigenvalue weighted by Crippen LogP contribution is 2.34. The van der Waals surface area contributed by atoms with Crippen LogP contribution < -0.4 is 19.5 Å². The van der Waals surface area contributed by atoms with Crippen molar-refractivity contribution in [1.29, 1.82) is 0 Å². The van der Waals surface area contributed by atoms with E-state index < -0.39 is 17.9 Å². The van der Waals surface area contributed by atoms with Crippen LogP contribution in [0.5, 0.6) is 17.2 Å². The first kappa shape index (κ1) is 16.6. The van der Waals surface area contributed by atoms with E-state index in [1.54, 1.807) is 6.92 Å². The summed E-state index contributed by atoms with van der Waals surface area (Å²) >= 11 is 0. The first-order chi connectivity index (χ1) is 9.98. The number of carbonyl (C=O) groups is 2. The number of hydrogen-bond donors (Lipinski definition) is 2. The molecule has 7 heteroatoms. The quantitative estimate of drug-likeness (QED) is 0.788. The molecular weight excluding hydrogens is 278 g/mol. The van der Waals surface area contributed by atoms with Crippen LogP contribution in [0.25, 0.3) is 0 Å². The lowest BCUT2D eigenvalue weighted by molar-refractivity contribution is -0.139. The average molecular weight is 297 g/mol. The maximum Gasteiger partial charge on any atom is 0.326 e. The second kappa shape index (κ2) is 7.37. The van der Waals surface area contributed by atoms with Gasteiger partial charge in [-0.1, -0.05) is 6.92 Å². The minimum absolute atomic E-state index is 0.176. The van der Waals surface area contributed by atoms with Gasteiger partial charge < -0.3 is 24.6 Å². The van der Waals surface area contributed by atoms with Crippen molar-refractivity contribution >= 4 is 11.9 Å². The van der Waals surface area contributed by atoms with Gasteiger partial charge in [0.05, 0.1) is 26.9 Å². The minimum Gasteiger partial charge on any atom is -0.496 e. The third-order valence-corrected chi connectivity index (χ3v) is 2.96. The molecule has 0 fully saturated rings. The summed E-state index contributed by atoms with van der Waals surface area (Å²) < 4.78 is 15.4. The van der Waals surface area contributed by atoms with Gasteiger partial charge in [-0.25, -0.2) is 4.79 Å². The van der Waals surface area contributed by atoms with Gasteiger partial charge in [0.15, 0.2) is 11.5 Å². The van der Waals surface area contributed by atoms with Crippen molar-refractivity contribution in [1.82, 2.24) is 5.32 Å². The van der Waals surface area contributed by atoms with Gasteiger partial charge in [-0.15, -0.1) is 0 Å². The van der Waals surface area contributed by atoms with E-state index in [1.165, 1.54) is 33.5 Å². The van der Waals surface area contributed by atoms with Crippen LogP contribution in [0.1, 0.15) is 23.7 Å². The van der Waals surface area contributed by atoms with Crippen molar-refractivity contribution in [2.75, 3.05) is 21.3 Å². The summed E-state index contributed by atoms with van der Waals surface area (Å²) in [6, 6.07) is 1.99. The topological polar surface area (TPSA) is 94.1 Å². The Balaban J connectivity index is 3.16. The largest absolute Gasteiger partial charge is 0.496 e. The van der Waals surface area contributed by atoms with E-state index in [4.69, 9.17) is 19.3 Å². The average Bonchev–Trinajstić information content (AvgIpc) is 2.50. The lowest BCUT2D eigenvalue weighted by atomic mass is 10.1. The standard InChI is InChI=1S/C14H19NO6/c1-5-9(14(17)18)15-13(16)8-6-11(20-3)12(21-4)7-10(8)19-2/h6-7,9H,5H2,1-4H3,(H,15,16)(H,17,18). The van der Waals surface area contributed by atoms with Crippen LogP contribution in [0.3, 0.4) is 0 Å². The minimum atomic E-state index is -1.09. The molecule has 0 aliphatic heterocycles. The van der Waals surface area contributed by atoms with Crippen LogP contribution in [0.2, 0.25) is 0 Å². The molecule has 0 saturated carbocycles. The van der Waals surface area contributed by atoms with Crippen molar-refractivity contribution < 1.29 is 28.9 Å². The van der Waals surface area contributed by atoms with E-state index in [1.807, 2.05) is 0 Å². The SMILES string of the molecule is CCC(NC(=O)c1cc(OC)c(OC)cc1OC)C(=O)O. The molecule has 116 valence electrons. The summed E-state index contributed by atoms with van der Waals surface area (Å²) in [5, 5.41) is 11.4. The number of aliphatic carboxylic acids is 1. The van der Waals surface area contributed by atoms with E-state index >= 15 is 0 Å². The van der Waals surface area contributed by atoms with E-state index in [0.717, 1.165) is 0 Å². The lowest BCUT2D eigenvalue weighted by Crippen LogP contribution is -2.40. The number of carboxylic acids is 1. The third-order valence-electron chi connectivity index (χ3n) is 2.96. The number of methoxy groups -OCH3 is 3. The monoisotopic (exact) mass is 297 g/mol. The number of hydrogen-bond acceptors (Lipinski definition) is 5. The summed E-state index contributed by atoms with van der Waals surface area (Å²) in [6.07, 6.45) is 0.274. The van der Waals surface area contributed by atoms with E-state index in [9.17, 15) is 9.59 Å². The Morgan fingerprint density at radius 1 is 1.10 bits per heavy atom. The number of ether oxygens (including phenoxy) is 3. The van der Waals surface area contributed by atoms with Gasteiger partial charge >= 0.3 is 5.97 Å². The summed E-state index contributed by atoms with van der Waals surface area (Å²) in [6.45, 7) is 1.67. The lowest BCUT2D eigenvalue weighted by Gasteiger charge is -2.16. The predicted molar refractivity (Wildman–Crippen MR) is 75.3 cm³/mol. The first-order valence-corrected chi connectivity index (χ1v) is 6.32. The molecule has 0 radical (unpaired) electrons. The van der Waals surface area contributed by atoms with Crippen LogP contribution in [0, 0.1) is 0 Å². The third kappa shape index (κ3) is 3.77. The number of rotatable bonds is 7. The highest BCUT2D eigenvalue weighted by molar-refractivity contribution is 5.99. The van der Waals surface area contributed by atoms with Crippen LogP contribution in [-0.4, -0.2) is 44.4 Å². The molecule has 0 bridgehead atoms. The highest BCUT2D eigenvalue weighted by atomic mass is 16.5. The molecule has 0 aromatic heterocycles. The number of benzene rings is 1. The van der Waals surface area contributed by atoms with Crippen molar-refractivity contribution in [2.24, 2.45) is 0 Å². The molecule has 1 atom stereocenters. The second-order valence-electron chi connectivity index (χ2n) is 4.18. The first-order valence-electron chi connectivity index (χ1n) is 6.32. The van der Waals surface area contributed by atoms with Gasteiger partial charge in [-0.3, -0.25) is 4.79 Å². The predicted octanol–water partition coefficient (Wildman–Crippen LogP) is 1.31. The zero-order valence-electron chi connectivity index (χ0n) is 12.4. The zero-order valence-corrected chi connectivity index (χ0v) is 12.4. The molecule has 1 unspecified atom stereocenters. The Kier molecular flexibility index (Phi) is 5.83. The van der Waals surface area contributed by atoms with Crippen LogP contribution in [-0.2, 0) is 4.79 Å². The molecular formula is C14H19NO6. The molecule has 0 heterocycles. The molecule has 2 N–H and O–H groups in total. The fraction of sp³-hybridized carbons (Fsp3) is 0.429. The molecule has 1 amide bonds. The second-order valence-corrected chi connectivity index (χ2v) is 4.18. The van der Waals surface area contributed by atoms with Gasteiger partial charge in [0.1, 0.15) is 11.8 Å². The van der Waals surface area contributed by atoms with Gasteiger partial charge in [0.2, 0.25) is 0 Å². The summed E-state index contributed by atoms with van der Waals surface area (Å²) in [4.78, 5) is 23.2. The zero-order chi connectivity index (χ0) is 16.0. The molecule has 0 spiro atoms. The number of nitrogens with one attached hydrogen (secondary N) is 1. The molecule has 0 saturated heterocycles. The van der Waals surface area contributed by atoms with Gasteiger partial charge in [-0.2, -0.15) is 0 Å². The van der Waals surface area contributed by atoms with Gasteiger partial charge in [0.25, 0.3) is 5.91 Å². The Hall–Kier alpha value is -2.44. The van der Waals surface area contributed by atoms with Crippen molar-refractivity contribution in [3.8, 4) is 17.2 Å². The molecule has 0 aliphatic carbocycles. The number of carbonyl (C=O) groups excluding carboxylic acids is 1. The van der Waals surface area contributed by atoms with Gasteiger partial charge in [-0.05, 0) is 6.42 Å². The van der Waals surface area contributed by atoms with Crippen LogP contribution in [0.15, 0.2) is 12.1 Å². The fourth-order valence-electron chi connectivity index (χ4n) is 1.78. The summed E-state index contributed by atoms with van der Waals surface area (Å²) in [5.41, 5.74) is 0.176. The van der Waals surface area contributed by atoms with E-state index in [2.05, 4.69) is 5.32 Å². The van der Waals surface area contributed by atoms with Crippen LogP contribution in [0.4, 0.5) is 0 Å². The molecule has 7 nitrogen and oxygen atoms in total. The molecule has 1 aromatic rings. The summed E-state index contributed by atoms with van der Waals surface area (Å²) in [5.74, 6) is -0.610. The van der Waals surface area contributed by atoms with Crippen molar-refractivity contribution in [3.05, 3.63) is 17.7 Å². The molecule has 1 aromatic carbocycles. The van der Waals surface area contributed by atoms with E-state index in [-0.39, 0.29) is 17.7 Å². The molecule has 1 rings (SSSR count). The van der Waals surface area contributed by atoms with E-state index in [0.29, 0.717) is 11.5 Å².